The minimum absolute atomic E-state index is 0.0365. The summed E-state index contributed by atoms with van der Waals surface area (Å²) in [5.74, 6) is 0.212. The van der Waals surface area contributed by atoms with Gasteiger partial charge in [0.05, 0.1) is 17.7 Å². The smallest absolute Gasteiger partial charge is 0.258 e. The Labute approximate surface area is 169 Å². The van der Waals surface area contributed by atoms with E-state index in [1.54, 1.807) is 18.2 Å². The van der Waals surface area contributed by atoms with Gasteiger partial charge in [0.2, 0.25) is 0 Å². The first kappa shape index (κ1) is 20.0. The molecule has 1 heterocycles. The number of carbonyl (C=O) groups is 1. The summed E-state index contributed by atoms with van der Waals surface area (Å²) in [6, 6.07) is 15.2. The number of morpholine rings is 1. The molecule has 2 aromatic rings. The fourth-order valence-corrected chi connectivity index (χ4v) is 3.37. The first-order valence-corrected chi connectivity index (χ1v) is 9.58. The van der Waals surface area contributed by atoms with Gasteiger partial charge in [-0.05, 0) is 23.8 Å². The number of ether oxygens (including phenoxy) is 2. The van der Waals surface area contributed by atoms with Gasteiger partial charge in [-0.3, -0.25) is 9.69 Å². The van der Waals surface area contributed by atoms with E-state index in [2.05, 4.69) is 22.3 Å². The molecule has 0 saturated carbocycles. The van der Waals surface area contributed by atoms with Gasteiger partial charge in [-0.15, -0.1) is 0 Å². The van der Waals surface area contributed by atoms with Gasteiger partial charge >= 0.3 is 0 Å². The van der Waals surface area contributed by atoms with Gasteiger partial charge < -0.3 is 14.8 Å². The van der Waals surface area contributed by atoms with E-state index in [4.69, 9.17) is 32.7 Å². The van der Waals surface area contributed by atoms with Crippen LogP contribution in [0, 0.1) is 0 Å². The summed E-state index contributed by atoms with van der Waals surface area (Å²) >= 11 is 11.9. The number of amides is 1. The SMILES string of the molecule is O=C(COc1ccc(Cl)cc1Cl)NC[C@H]1CN(Cc2ccccc2)CCO1. The normalized spacial score (nSPS) is 17.5. The molecule has 27 heavy (non-hydrogen) atoms. The summed E-state index contributed by atoms with van der Waals surface area (Å²) in [4.78, 5) is 14.4. The molecular formula is C20H22Cl2N2O3. The van der Waals surface area contributed by atoms with Gasteiger partial charge in [0, 0.05) is 31.2 Å². The zero-order valence-corrected chi connectivity index (χ0v) is 16.4. The molecule has 1 aliphatic rings. The number of nitrogens with one attached hydrogen (secondary N) is 1. The van der Waals surface area contributed by atoms with Crippen LogP contribution in [0.4, 0.5) is 0 Å². The molecule has 0 unspecified atom stereocenters. The highest BCUT2D eigenvalue weighted by atomic mass is 35.5. The Morgan fingerprint density at radius 3 is 2.81 bits per heavy atom. The van der Waals surface area contributed by atoms with Gasteiger partial charge in [-0.1, -0.05) is 53.5 Å². The average molecular weight is 409 g/mol. The van der Waals surface area contributed by atoms with Crippen molar-refractivity contribution in [3.63, 3.8) is 0 Å². The molecule has 1 amide bonds. The van der Waals surface area contributed by atoms with Crippen LogP contribution in [-0.4, -0.2) is 49.8 Å². The van der Waals surface area contributed by atoms with Crippen molar-refractivity contribution in [1.82, 2.24) is 10.2 Å². The lowest BCUT2D eigenvalue weighted by atomic mass is 10.2. The highest BCUT2D eigenvalue weighted by Crippen LogP contribution is 2.27. The number of rotatable bonds is 7. The number of hydrogen-bond donors (Lipinski definition) is 1. The summed E-state index contributed by atoms with van der Waals surface area (Å²) in [7, 11) is 0. The van der Waals surface area contributed by atoms with E-state index in [0.29, 0.717) is 28.9 Å². The largest absolute Gasteiger partial charge is 0.482 e. The van der Waals surface area contributed by atoms with Gasteiger partial charge in [0.25, 0.3) is 5.91 Å². The molecule has 144 valence electrons. The highest BCUT2D eigenvalue weighted by molar-refractivity contribution is 6.35. The third-order valence-corrected chi connectivity index (χ3v) is 4.78. The Bertz CT molecular complexity index is 758. The van der Waals surface area contributed by atoms with Gasteiger partial charge in [-0.25, -0.2) is 0 Å². The van der Waals surface area contributed by atoms with Gasteiger partial charge in [0.1, 0.15) is 5.75 Å². The standard InChI is InChI=1S/C20H22Cl2N2O3/c21-16-6-7-19(18(22)10-16)27-14-20(25)23-11-17-13-24(8-9-26-17)12-15-4-2-1-3-5-15/h1-7,10,17H,8-9,11-14H2,(H,23,25)/t17-/m0/s1. The lowest BCUT2D eigenvalue weighted by Crippen LogP contribution is -2.47. The van der Waals surface area contributed by atoms with E-state index >= 15 is 0 Å². The second-order valence-electron chi connectivity index (χ2n) is 6.38. The zero-order chi connectivity index (χ0) is 19.1. The van der Waals surface area contributed by atoms with Crippen molar-refractivity contribution in [2.24, 2.45) is 0 Å². The van der Waals surface area contributed by atoms with E-state index in [9.17, 15) is 4.79 Å². The molecule has 2 aromatic carbocycles. The van der Waals surface area contributed by atoms with Crippen LogP contribution in [0.5, 0.6) is 5.75 Å². The van der Waals surface area contributed by atoms with Crippen LogP contribution in [0.3, 0.4) is 0 Å². The predicted molar refractivity (Wildman–Crippen MR) is 106 cm³/mol. The minimum Gasteiger partial charge on any atom is -0.482 e. The van der Waals surface area contributed by atoms with E-state index in [1.165, 1.54) is 5.56 Å². The molecule has 1 aliphatic heterocycles. The van der Waals surface area contributed by atoms with E-state index < -0.39 is 0 Å². The Morgan fingerprint density at radius 1 is 1.22 bits per heavy atom. The fourth-order valence-electron chi connectivity index (χ4n) is 2.90. The second kappa shape index (κ2) is 9.95. The predicted octanol–water partition coefficient (Wildman–Crippen LogP) is 3.39. The van der Waals surface area contributed by atoms with Crippen LogP contribution in [0.15, 0.2) is 48.5 Å². The number of benzene rings is 2. The van der Waals surface area contributed by atoms with Crippen molar-refractivity contribution in [2.45, 2.75) is 12.6 Å². The average Bonchev–Trinajstić information content (AvgIpc) is 2.67. The molecule has 5 nitrogen and oxygen atoms in total. The molecule has 0 aromatic heterocycles. The molecule has 0 spiro atoms. The minimum atomic E-state index is -0.218. The number of hydrogen-bond acceptors (Lipinski definition) is 4. The molecule has 1 N–H and O–H groups in total. The maximum absolute atomic E-state index is 12.0. The molecule has 7 heteroatoms. The number of nitrogens with zero attached hydrogens (tertiary/aromatic N) is 1. The summed E-state index contributed by atoms with van der Waals surface area (Å²) in [5, 5.41) is 3.75. The fraction of sp³-hybridized carbons (Fsp3) is 0.350. The maximum atomic E-state index is 12.0. The molecule has 1 saturated heterocycles. The Morgan fingerprint density at radius 2 is 2.04 bits per heavy atom. The summed E-state index contributed by atoms with van der Waals surface area (Å²) in [5.41, 5.74) is 1.27. The molecule has 1 fully saturated rings. The Balaban J connectivity index is 1.40. The van der Waals surface area contributed by atoms with E-state index in [-0.39, 0.29) is 18.6 Å². The van der Waals surface area contributed by atoms with Crippen molar-refractivity contribution in [3.05, 3.63) is 64.1 Å². The van der Waals surface area contributed by atoms with Crippen LogP contribution in [0.2, 0.25) is 10.0 Å². The first-order valence-electron chi connectivity index (χ1n) is 8.82. The Kier molecular flexibility index (Phi) is 7.35. The Hall–Kier alpha value is -1.79. The van der Waals surface area contributed by atoms with Crippen LogP contribution < -0.4 is 10.1 Å². The quantitative estimate of drug-likeness (QED) is 0.762. The summed E-state index contributed by atoms with van der Waals surface area (Å²) in [6.45, 7) is 3.54. The lowest BCUT2D eigenvalue weighted by Gasteiger charge is -2.33. The van der Waals surface area contributed by atoms with Crippen LogP contribution in [0.1, 0.15) is 5.56 Å². The van der Waals surface area contributed by atoms with Gasteiger partial charge in [0.15, 0.2) is 6.61 Å². The van der Waals surface area contributed by atoms with Crippen molar-refractivity contribution in [2.75, 3.05) is 32.8 Å². The third kappa shape index (κ3) is 6.40. The van der Waals surface area contributed by atoms with Crippen molar-refractivity contribution in [3.8, 4) is 5.75 Å². The summed E-state index contributed by atoms with van der Waals surface area (Å²) < 4.78 is 11.2. The van der Waals surface area contributed by atoms with Gasteiger partial charge in [-0.2, -0.15) is 0 Å². The summed E-state index contributed by atoms with van der Waals surface area (Å²) in [6.07, 6.45) is -0.0365. The molecule has 0 radical (unpaired) electrons. The van der Waals surface area contributed by atoms with Crippen molar-refractivity contribution in [1.29, 1.82) is 0 Å². The van der Waals surface area contributed by atoms with Crippen molar-refractivity contribution < 1.29 is 14.3 Å². The molecular weight excluding hydrogens is 387 g/mol. The maximum Gasteiger partial charge on any atom is 0.258 e. The molecule has 3 rings (SSSR count). The molecule has 0 aliphatic carbocycles. The lowest BCUT2D eigenvalue weighted by molar-refractivity contribution is -0.124. The number of halogens is 2. The van der Waals surface area contributed by atoms with E-state index in [0.717, 1.165) is 19.6 Å². The van der Waals surface area contributed by atoms with Crippen LogP contribution in [-0.2, 0) is 16.1 Å². The molecule has 1 atom stereocenters. The molecule has 0 bridgehead atoms. The topological polar surface area (TPSA) is 50.8 Å². The van der Waals surface area contributed by atoms with Crippen molar-refractivity contribution >= 4 is 29.1 Å². The number of carbonyl (C=O) groups excluding carboxylic acids is 1. The third-order valence-electron chi connectivity index (χ3n) is 4.25. The van der Waals surface area contributed by atoms with E-state index in [1.807, 2.05) is 18.2 Å². The first-order chi connectivity index (χ1) is 13.1. The monoisotopic (exact) mass is 408 g/mol. The highest BCUT2D eigenvalue weighted by Gasteiger charge is 2.21. The second-order valence-corrected chi connectivity index (χ2v) is 7.22. The van der Waals surface area contributed by atoms with Crippen LogP contribution >= 0.6 is 23.2 Å². The zero-order valence-electron chi connectivity index (χ0n) is 14.9. The van der Waals surface area contributed by atoms with Crippen LogP contribution in [0.25, 0.3) is 0 Å².